The van der Waals surface area contributed by atoms with Gasteiger partial charge < -0.3 is 30.3 Å². The summed E-state index contributed by atoms with van der Waals surface area (Å²) >= 11 is 0. The zero-order valence-corrected chi connectivity index (χ0v) is 21.7. The number of furan rings is 1. The topological polar surface area (TPSA) is 119 Å². The molecule has 0 radical (unpaired) electrons. The van der Waals surface area contributed by atoms with E-state index in [1.807, 2.05) is 18.2 Å². The predicted molar refractivity (Wildman–Crippen MR) is 150 cm³/mol. The van der Waals surface area contributed by atoms with Gasteiger partial charge in [-0.3, -0.25) is 14.5 Å². The number of hydrogen-bond acceptors (Lipinski definition) is 7. The number of likely N-dealkylation sites (tertiary alicyclic amines) is 1. The zero-order chi connectivity index (χ0) is 27.0. The second kappa shape index (κ2) is 12.4. The van der Waals surface area contributed by atoms with Gasteiger partial charge in [-0.1, -0.05) is 12.1 Å². The SMILES string of the molecule is Nc1ccccc1NC(=O)c1ccc(OCCNC(=O)c2cc3cc(OCCN4CCCC4)ccc3o2)cc1. The molecule has 4 aromatic rings. The van der Waals surface area contributed by atoms with Gasteiger partial charge in [0.2, 0.25) is 0 Å². The third-order valence-electron chi connectivity index (χ3n) is 6.57. The number of carbonyl (C=O) groups is 2. The summed E-state index contributed by atoms with van der Waals surface area (Å²) in [4.78, 5) is 27.4. The number of nitrogens with one attached hydrogen (secondary N) is 2. The molecule has 39 heavy (non-hydrogen) atoms. The Hall–Kier alpha value is -4.50. The van der Waals surface area contributed by atoms with Gasteiger partial charge in [-0.25, -0.2) is 0 Å². The van der Waals surface area contributed by atoms with Crippen LogP contribution >= 0.6 is 0 Å². The summed E-state index contributed by atoms with van der Waals surface area (Å²) in [6.07, 6.45) is 2.52. The molecule has 3 aromatic carbocycles. The fourth-order valence-corrected chi connectivity index (χ4v) is 4.45. The van der Waals surface area contributed by atoms with Gasteiger partial charge in [0.1, 0.15) is 30.3 Å². The van der Waals surface area contributed by atoms with E-state index < -0.39 is 0 Å². The van der Waals surface area contributed by atoms with Gasteiger partial charge in [-0.2, -0.15) is 0 Å². The van der Waals surface area contributed by atoms with Crippen molar-refractivity contribution in [1.82, 2.24) is 10.2 Å². The summed E-state index contributed by atoms with van der Waals surface area (Å²) in [5, 5.41) is 6.40. The van der Waals surface area contributed by atoms with Gasteiger partial charge in [0.15, 0.2) is 5.76 Å². The van der Waals surface area contributed by atoms with E-state index in [0.29, 0.717) is 34.9 Å². The van der Waals surface area contributed by atoms with Crippen LogP contribution in [0, 0.1) is 0 Å². The van der Waals surface area contributed by atoms with Crippen molar-refractivity contribution in [2.75, 3.05) is 50.4 Å². The van der Waals surface area contributed by atoms with Crippen molar-refractivity contribution < 1.29 is 23.5 Å². The highest BCUT2D eigenvalue weighted by atomic mass is 16.5. The molecule has 1 saturated heterocycles. The van der Waals surface area contributed by atoms with E-state index in [2.05, 4.69) is 15.5 Å². The first kappa shape index (κ1) is 26.1. The molecule has 0 aliphatic carbocycles. The van der Waals surface area contributed by atoms with Gasteiger partial charge >= 0.3 is 0 Å². The first-order valence-corrected chi connectivity index (χ1v) is 13.1. The number of para-hydroxylation sites is 2. The highest BCUT2D eigenvalue weighted by molar-refractivity contribution is 6.05. The first-order valence-electron chi connectivity index (χ1n) is 13.1. The second-order valence-electron chi connectivity index (χ2n) is 9.38. The van der Waals surface area contributed by atoms with Gasteiger partial charge in [0.25, 0.3) is 11.8 Å². The Bertz CT molecular complexity index is 1430. The largest absolute Gasteiger partial charge is 0.492 e. The Morgan fingerprint density at radius 1 is 0.872 bits per heavy atom. The smallest absolute Gasteiger partial charge is 0.287 e. The molecule has 1 fully saturated rings. The molecular formula is C30H32N4O5. The third kappa shape index (κ3) is 6.88. The lowest BCUT2D eigenvalue weighted by Crippen LogP contribution is -2.27. The maximum absolute atomic E-state index is 12.6. The summed E-state index contributed by atoms with van der Waals surface area (Å²) in [6, 6.07) is 21.1. The quantitative estimate of drug-likeness (QED) is 0.193. The Morgan fingerprint density at radius 3 is 2.41 bits per heavy atom. The maximum atomic E-state index is 12.6. The van der Waals surface area contributed by atoms with E-state index in [0.717, 1.165) is 30.8 Å². The van der Waals surface area contributed by atoms with Crippen molar-refractivity contribution in [2.45, 2.75) is 12.8 Å². The normalized spacial score (nSPS) is 13.3. The van der Waals surface area contributed by atoms with Crippen LogP contribution < -0.4 is 25.8 Å². The van der Waals surface area contributed by atoms with E-state index in [4.69, 9.17) is 19.6 Å². The Balaban J connectivity index is 1.06. The van der Waals surface area contributed by atoms with E-state index in [-0.39, 0.29) is 30.7 Å². The van der Waals surface area contributed by atoms with Crippen molar-refractivity contribution in [1.29, 1.82) is 0 Å². The van der Waals surface area contributed by atoms with E-state index in [1.54, 1.807) is 54.6 Å². The fraction of sp³-hybridized carbons (Fsp3) is 0.267. The number of benzene rings is 3. The lowest BCUT2D eigenvalue weighted by Gasteiger charge is -2.14. The van der Waals surface area contributed by atoms with Crippen LogP contribution in [0.25, 0.3) is 11.0 Å². The molecule has 1 aromatic heterocycles. The molecule has 0 unspecified atom stereocenters. The minimum Gasteiger partial charge on any atom is -0.492 e. The number of nitrogens with zero attached hydrogens (tertiary/aromatic N) is 1. The van der Waals surface area contributed by atoms with Crippen LogP contribution in [-0.2, 0) is 0 Å². The Kier molecular flexibility index (Phi) is 8.28. The average Bonchev–Trinajstić information content (AvgIpc) is 3.62. The van der Waals surface area contributed by atoms with Crippen molar-refractivity contribution in [3.05, 3.63) is 84.1 Å². The van der Waals surface area contributed by atoms with Crippen LogP contribution in [0.4, 0.5) is 11.4 Å². The molecule has 0 saturated carbocycles. The number of nitrogens with two attached hydrogens (primary N) is 1. The summed E-state index contributed by atoms with van der Waals surface area (Å²) in [5.74, 6) is 0.988. The van der Waals surface area contributed by atoms with Crippen LogP contribution in [0.2, 0.25) is 0 Å². The number of fused-ring (bicyclic) bond motifs is 1. The van der Waals surface area contributed by atoms with Crippen LogP contribution in [0.1, 0.15) is 33.8 Å². The third-order valence-corrected chi connectivity index (χ3v) is 6.57. The van der Waals surface area contributed by atoms with Crippen LogP contribution in [0.3, 0.4) is 0 Å². The molecule has 0 bridgehead atoms. The molecule has 9 nitrogen and oxygen atoms in total. The van der Waals surface area contributed by atoms with Crippen LogP contribution in [0.15, 0.2) is 77.2 Å². The highest BCUT2D eigenvalue weighted by Gasteiger charge is 2.14. The summed E-state index contributed by atoms with van der Waals surface area (Å²) in [7, 11) is 0. The number of nitrogen functional groups attached to an aromatic ring is 1. The monoisotopic (exact) mass is 528 g/mol. The van der Waals surface area contributed by atoms with Gasteiger partial charge in [0.05, 0.1) is 17.9 Å². The molecule has 9 heteroatoms. The second-order valence-corrected chi connectivity index (χ2v) is 9.38. The number of rotatable bonds is 11. The van der Waals surface area contributed by atoms with E-state index >= 15 is 0 Å². The van der Waals surface area contributed by atoms with Crippen LogP contribution in [-0.4, -0.2) is 56.1 Å². The molecular weight excluding hydrogens is 496 g/mol. The highest BCUT2D eigenvalue weighted by Crippen LogP contribution is 2.25. The molecule has 0 spiro atoms. The molecule has 202 valence electrons. The first-order chi connectivity index (χ1) is 19.0. The van der Waals surface area contributed by atoms with E-state index in [9.17, 15) is 9.59 Å². The molecule has 0 atom stereocenters. The predicted octanol–water partition coefficient (Wildman–Crippen LogP) is 4.55. The summed E-state index contributed by atoms with van der Waals surface area (Å²) < 4.78 is 17.3. The van der Waals surface area contributed by atoms with Crippen molar-refractivity contribution in [3.63, 3.8) is 0 Å². The summed E-state index contributed by atoms with van der Waals surface area (Å²) in [5.41, 5.74) is 8.04. The summed E-state index contributed by atoms with van der Waals surface area (Å²) in [6.45, 7) is 4.38. The number of anilines is 2. The standard InChI is InChI=1S/C30H32N4O5/c31-25-5-1-2-6-26(25)33-29(35)21-7-9-23(10-8-21)37-17-13-32-30(36)28-20-22-19-24(11-12-27(22)39-28)38-18-16-34-14-3-4-15-34/h1-2,5-12,19-20H,3-4,13-18,31H2,(H,32,36)(H,33,35). The minimum absolute atomic E-state index is 0.230. The lowest BCUT2D eigenvalue weighted by molar-refractivity contribution is 0.0920. The zero-order valence-electron chi connectivity index (χ0n) is 21.7. The number of carbonyl (C=O) groups excluding carboxylic acids is 2. The number of ether oxygens (including phenoxy) is 2. The van der Waals surface area contributed by atoms with Crippen molar-refractivity contribution >= 4 is 34.2 Å². The van der Waals surface area contributed by atoms with E-state index in [1.165, 1.54) is 12.8 Å². The fourth-order valence-electron chi connectivity index (χ4n) is 4.45. The number of amides is 2. The van der Waals surface area contributed by atoms with Crippen molar-refractivity contribution in [3.8, 4) is 11.5 Å². The van der Waals surface area contributed by atoms with Gasteiger partial charge in [0, 0.05) is 17.5 Å². The average molecular weight is 529 g/mol. The molecule has 1 aliphatic rings. The van der Waals surface area contributed by atoms with Gasteiger partial charge in [-0.15, -0.1) is 0 Å². The van der Waals surface area contributed by atoms with Crippen molar-refractivity contribution in [2.24, 2.45) is 0 Å². The molecule has 1 aliphatic heterocycles. The number of hydrogen-bond donors (Lipinski definition) is 3. The minimum atomic E-state index is -0.321. The molecule has 2 amide bonds. The molecule has 4 N–H and O–H groups in total. The van der Waals surface area contributed by atoms with Crippen LogP contribution in [0.5, 0.6) is 11.5 Å². The Labute approximate surface area is 226 Å². The van der Waals surface area contributed by atoms with Gasteiger partial charge in [-0.05, 0) is 86.6 Å². The molecule has 2 heterocycles. The Morgan fingerprint density at radius 2 is 1.62 bits per heavy atom. The molecule has 5 rings (SSSR count). The maximum Gasteiger partial charge on any atom is 0.287 e. The lowest BCUT2D eigenvalue weighted by atomic mass is 10.2.